The van der Waals surface area contributed by atoms with Crippen molar-refractivity contribution in [3.05, 3.63) is 60.9 Å². The molecule has 0 aliphatic rings. The molecule has 0 bridgehead atoms. The molecule has 0 amide bonds. The quantitative estimate of drug-likeness (QED) is 0.635. The van der Waals surface area contributed by atoms with E-state index < -0.39 is 0 Å². The highest BCUT2D eigenvalue weighted by molar-refractivity contribution is 5.83. The summed E-state index contributed by atoms with van der Waals surface area (Å²) < 4.78 is 11.0. The monoisotopic (exact) mass is 209 g/mol. The van der Waals surface area contributed by atoms with Crippen molar-refractivity contribution in [2.24, 2.45) is 0 Å². The van der Waals surface area contributed by atoms with E-state index in [4.69, 9.17) is 9.15 Å². The Morgan fingerprint density at radius 3 is 2.50 bits per heavy atom. The van der Waals surface area contributed by atoms with Crippen LogP contribution in [0.1, 0.15) is 0 Å². The van der Waals surface area contributed by atoms with E-state index in [9.17, 15) is 0 Å². The molecule has 2 nitrogen and oxygen atoms in total. The van der Waals surface area contributed by atoms with Gasteiger partial charge in [0.25, 0.3) is 0 Å². The highest BCUT2D eigenvalue weighted by atomic mass is 16.5. The molecule has 1 aromatic heterocycles. The number of rotatable bonds is 2. The lowest BCUT2D eigenvalue weighted by Gasteiger charge is -2.01. The Balaban J connectivity index is 2.01. The van der Waals surface area contributed by atoms with Crippen LogP contribution in [0.3, 0.4) is 0 Å². The summed E-state index contributed by atoms with van der Waals surface area (Å²) in [5.74, 6) is 1.41. The highest BCUT2D eigenvalue weighted by Crippen LogP contribution is 2.30. The van der Waals surface area contributed by atoms with Crippen LogP contribution in [0.25, 0.3) is 11.0 Å². The molecule has 2 aromatic carbocycles. The molecular formula is C14H9O2. The van der Waals surface area contributed by atoms with Crippen LogP contribution in [-0.4, -0.2) is 0 Å². The van der Waals surface area contributed by atoms with E-state index in [0.717, 1.165) is 16.7 Å². The van der Waals surface area contributed by atoms with Crippen molar-refractivity contribution in [3.63, 3.8) is 0 Å². The predicted octanol–water partition coefficient (Wildman–Crippen LogP) is 4.03. The van der Waals surface area contributed by atoms with Crippen molar-refractivity contribution in [3.8, 4) is 11.5 Å². The van der Waals surface area contributed by atoms with Gasteiger partial charge in [-0.25, -0.2) is 0 Å². The van der Waals surface area contributed by atoms with Crippen LogP contribution in [0.4, 0.5) is 0 Å². The van der Waals surface area contributed by atoms with Gasteiger partial charge in [0.05, 0.1) is 5.39 Å². The van der Waals surface area contributed by atoms with Crippen LogP contribution in [-0.2, 0) is 0 Å². The third-order valence-corrected chi connectivity index (χ3v) is 2.35. The van der Waals surface area contributed by atoms with E-state index >= 15 is 0 Å². The Bertz CT molecular complexity index is 596. The van der Waals surface area contributed by atoms with Gasteiger partial charge in [0, 0.05) is 0 Å². The zero-order chi connectivity index (χ0) is 10.8. The van der Waals surface area contributed by atoms with Crippen LogP contribution in [0.2, 0.25) is 0 Å². The molecule has 0 fully saturated rings. The number of hydrogen-bond acceptors (Lipinski definition) is 2. The number of hydrogen-bond donors (Lipinski definition) is 0. The summed E-state index contributed by atoms with van der Waals surface area (Å²) in [7, 11) is 0. The molecule has 1 radical (unpaired) electrons. The molecule has 0 saturated carbocycles. The second-order valence-corrected chi connectivity index (χ2v) is 3.44. The summed E-state index contributed by atoms with van der Waals surface area (Å²) in [6.45, 7) is 0. The molecule has 0 saturated heterocycles. The smallest absolute Gasteiger partial charge is 0.217 e. The van der Waals surface area contributed by atoms with Gasteiger partial charge >= 0.3 is 0 Å². The molecule has 0 spiro atoms. The number of ether oxygens (including phenoxy) is 1. The summed E-state index contributed by atoms with van der Waals surface area (Å²) in [5.41, 5.74) is 0.786. The summed E-state index contributed by atoms with van der Waals surface area (Å²) in [6, 6.07) is 17.3. The predicted molar refractivity (Wildman–Crippen MR) is 61.6 cm³/mol. The zero-order valence-corrected chi connectivity index (χ0v) is 8.51. The molecule has 0 aliphatic carbocycles. The van der Waals surface area contributed by atoms with Crippen LogP contribution in [0.15, 0.2) is 59.0 Å². The fourth-order valence-corrected chi connectivity index (χ4v) is 1.58. The third-order valence-electron chi connectivity index (χ3n) is 2.35. The van der Waals surface area contributed by atoms with Gasteiger partial charge in [0.2, 0.25) is 6.26 Å². The average Bonchev–Trinajstić information content (AvgIpc) is 2.74. The van der Waals surface area contributed by atoms with Gasteiger partial charge in [-0.3, -0.25) is 0 Å². The summed E-state index contributed by atoms with van der Waals surface area (Å²) >= 11 is 0. The minimum atomic E-state index is 0.627. The number of fused-ring (bicyclic) bond motifs is 1. The SMILES string of the molecule is [c]1oc2ccccc2c1Oc1ccccc1. The minimum Gasteiger partial charge on any atom is -0.453 e. The molecule has 16 heavy (non-hydrogen) atoms. The fraction of sp³-hybridized carbons (Fsp3) is 0. The van der Waals surface area contributed by atoms with Crippen molar-refractivity contribution in [1.82, 2.24) is 0 Å². The maximum Gasteiger partial charge on any atom is 0.217 e. The van der Waals surface area contributed by atoms with E-state index in [1.807, 2.05) is 54.6 Å². The molecule has 3 aromatic rings. The van der Waals surface area contributed by atoms with E-state index in [-0.39, 0.29) is 0 Å². The normalized spacial score (nSPS) is 10.5. The van der Waals surface area contributed by atoms with Crippen LogP contribution >= 0.6 is 0 Å². The first-order valence-corrected chi connectivity index (χ1v) is 5.05. The van der Waals surface area contributed by atoms with Gasteiger partial charge in [-0.15, -0.1) is 0 Å². The van der Waals surface area contributed by atoms with Gasteiger partial charge < -0.3 is 9.15 Å². The summed E-state index contributed by atoms with van der Waals surface area (Å²) in [4.78, 5) is 0. The fourth-order valence-electron chi connectivity index (χ4n) is 1.58. The molecule has 0 aliphatic heterocycles. The molecule has 0 unspecified atom stereocenters. The second-order valence-electron chi connectivity index (χ2n) is 3.44. The van der Waals surface area contributed by atoms with Crippen LogP contribution in [0, 0.1) is 6.26 Å². The van der Waals surface area contributed by atoms with Crippen LogP contribution < -0.4 is 4.74 Å². The Hall–Kier alpha value is -2.22. The number of para-hydroxylation sites is 2. The molecule has 0 atom stereocenters. The van der Waals surface area contributed by atoms with Crippen LogP contribution in [0.5, 0.6) is 11.5 Å². The molecule has 77 valence electrons. The Morgan fingerprint density at radius 2 is 1.62 bits per heavy atom. The number of furan rings is 1. The third kappa shape index (κ3) is 1.54. The molecule has 2 heteroatoms. The molecule has 3 rings (SSSR count). The summed E-state index contributed by atoms with van der Waals surface area (Å²) in [5, 5.41) is 0.936. The lowest BCUT2D eigenvalue weighted by molar-refractivity contribution is 0.469. The Labute approximate surface area is 93.1 Å². The first-order chi connectivity index (χ1) is 7.93. The van der Waals surface area contributed by atoms with Crippen molar-refractivity contribution >= 4 is 11.0 Å². The zero-order valence-electron chi connectivity index (χ0n) is 8.51. The maximum atomic E-state index is 5.68. The van der Waals surface area contributed by atoms with Crippen molar-refractivity contribution in [1.29, 1.82) is 0 Å². The van der Waals surface area contributed by atoms with Crippen molar-refractivity contribution in [2.45, 2.75) is 0 Å². The maximum absolute atomic E-state index is 5.68. The van der Waals surface area contributed by atoms with E-state index in [0.29, 0.717) is 5.75 Å². The standard InChI is InChI=1S/C14H9O2/c1-2-6-11(7-3-1)16-14-10-15-13-9-5-4-8-12(13)14/h1-9H. The summed E-state index contributed by atoms with van der Waals surface area (Å²) in [6.07, 6.45) is 2.76. The van der Waals surface area contributed by atoms with Gasteiger partial charge in [0.1, 0.15) is 11.3 Å². The van der Waals surface area contributed by atoms with Crippen molar-refractivity contribution in [2.75, 3.05) is 0 Å². The van der Waals surface area contributed by atoms with E-state index in [1.165, 1.54) is 0 Å². The second kappa shape index (κ2) is 3.74. The lowest BCUT2D eigenvalue weighted by atomic mass is 10.2. The minimum absolute atomic E-state index is 0.627. The Kier molecular flexibility index (Phi) is 2.11. The van der Waals surface area contributed by atoms with Gasteiger partial charge in [-0.05, 0) is 24.3 Å². The van der Waals surface area contributed by atoms with E-state index in [2.05, 4.69) is 6.26 Å². The van der Waals surface area contributed by atoms with Crippen molar-refractivity contribution < 1.29 is 9.15 Å². The molecule has 0 N–H and O–H groups in total. The van der Waals surface area contributed by atoms with Gasteiger partial charge in [-0.2, -0.15) is 0 Å². The first-order valence-electron chi connectivity index (χ1n) is 5.05. The molecular weight excluding hydrogens is 200 g/mol. The Morgan fingerprint density at radius 1 is 0.875 bits per heavy atom. The lowest BCUT2D eigenvalue weighted by Crippen LogP contribution is -1.81. The van der Waals surface area contributed by atoms with Gasteiger partial charge in [-0.1, -0.05) is 30.3 Å². The van der Waals surface area contributed by atoms with E-state index in [1.54, 1.807) is 0 Å². The number of benzene rings is 2. The average molecular weight is 209 g/mol. The molecule has 1 heterocycles. The topological polar surface area (TPSA) is 22.4 Å². The first kappa shape index (κ1) is 9.04. The highest BCUT2D eigenvalue weighted by Gasteiger charge is 2.07. The largest absolute Gasteiger partial charge is 0.453 e. The van der Waals surface area contributed by atoms with Gasteiger partial charge in [0.15, 0.2) is 5.75 Å².